The Morgan fingerprint density at radius 2 is 1.71 bits per heavy atom. The van der Waals surface area contributed by atoms with E-state index in [1.807, 2.05) is 37.3 Å². The van der Waals surface area contributed by atoms with Crippen LogP contribution in [0.2, 0.25) is 5.02 Å². The molecule has 6 rings (SSSR count). The highest BCUT2D eigenvalue weighted by atomic mass is 35.5. The molecule has 7 heteroatoms. The molecule has 2 bridgehead atoms. The van der Waals surface area contributed by atoms with Crippen molar-refractivity contribution in [3.05, 3.63) is 69.7 Å². The Morgan fingerprint density at radius 1 is 0.974 bits per heavy atom. The summed E-state index contributed by atoms with van der Waals surface area (Å²) in [5.41, 5.74) is 1.98. The summed E-state index contributed by atoms with van der Waals surface area (Å²) in [6.07, 6.45) is 8.54. The second-order valence-corrected chi connectivity index (χ2v) is 11.3. The highest BCUT2D eigenvalue weighted by molar-refractivity contribution is 6.33. The van der Waals surface area contributed by atoms with Gasteiger partial charge >= 0.3 is 5.63 Å². The Balaban J connectivity index is 1.20. The van der Waals surface area contributed by atoms with Crippen LogP contribution in [0.15, 0.2) is 63.4 Å². The van der Waals surface area contributed by atoms with Gasteiger partial charge in [-0.1, -0.05) is 49.1 Å². The zero-order valence-electron chi connectivity index (χ0n) is 21.7. The third-order valence-corrected chi connectivity index (χ3v) is 8.89. The van der Waals surface area contributed by atoms with Crippen LogP contribution >= 0.6 is 11.6 Å². The van der Waals surface area contributed by atoms with Crippen LogP contribution in [0, 0.1) is 0 Å². The fourth-order valence-corrected chi connectivity index (χ4v) is 7.13. The van der Waals surface area contributed by atoms with Crippen molar-refractivity contribution in [1.82, 2.24) is 9.80 Å². The molecular weight excluding hydrogens is 500 g/mol. The zero-order chi connectivity index (χ0) is 26.2. The normalized spacial score (nSPS) is 22.8. The van der Waals surface area contributed by atoms with Crippen molar-refractivity contribution in [1.29, 1.82) is 0 Å². The number of piperazine rings is 1. The lowest BCUT2D eigenvalue weighted by molar-refractivity contribution is 0.0258. The minimum Gasteiger partial charge on any atom is -0.484 e. The van der Waals surface area contributed by atoms with Gasteiger partial charge in [0, 0.05) is 64.9 Å². The molecule has 38 heavy (non-hydrogen) atoms. The molecule has 1 saturated carbocycles. The summed E-state index contributed by atoms with van der Waals surface area (Å²) < 4.78 is 11.7. The monoisotopic (exact) mass is 532 g/mol. The van der Waals surface area contributed by atoms with Gasteiger partial charge in [0.05, 0.1) is 0 Å². The first kappa shape index (κ1) is 25.2. The number of fused-ring (bicyclic) bond motifs is 3. The minimum absolute atomic E-state index is 0.410. The van der Waals surface area contributed by atoms with Crippen molar-refractivity contribution in [3.63, 3.8) is 0 Å². The average molecular weight is 533 g/mol. The fraction of sp³-hybridized carbons (Fsp3) is 0.452. The van der Waals surface area contributed by atoms with Gasteiger partial charge in [-0.25, -0.2) is 9.59 Å². The summed E-state index contributed by atoms with van der Waals surface area (Å²) in [6.45, 7) is 3.58. The maximum absolute atomic E-state index is 12.4. The van der Waals surface area contributed by atoms with Crippen molar-refractivity contribution in [2.75, 3.05) is 13.1 Å². The Bertz CT molecular complexity index is 1430. The van der Waals surface area contributed by atoms with Gasteiger partial charge in [-0.3, -0.25) is 4.90 Å². The predicted molar refractivity (Wildman–Crippen MR) is 149 cm³/mol. The molecule has 3 fully saturated rings. The molecule has 2 aromatic carbocycles. The van der Waals surface area contributed by atoms with Crippen molar-refractivity contribution in [3.8, 4) is 16.9 Å². The van der Waals surface area contributed by atoms with Crippen LogP contribution < -0.4 is 10.4 Å². The molecule has 0 N–H and O–H groups in total. The molecule has 0 spiro atoms. The number of likely N-dealkylation sites (tertiary alicyclic amines) is 1. The van der Waals surface area contributed by atoms with E-state index in [0.717, 1.165) is 24.0 Å². The Hall–Kier alpha value is -3.05. The molecule has 2 saturated heterocycles. The second kappa shape index (κ2) is 10.6. The number of benzene rings is 2. The van der Waals surface area contributed by atoms with Crippen molar-refractivity contribution < 1.29 is 13.9 Å². The van der Waals surface area contributed by atoms with E-state index >= 15 is 0 Å². The third-order valence-electron chi connectivity index (χ3n) is 8.56. The third kappa shape index (κ3) is 4.77. The van der Waals surface area contributed by atoms with Gasteiger partial charge in [-0.15, -0.1) is 0 Å². The minimum atomic E-state index is -0.482. The molecule has 3 aromatic rings. The van der Waals surface area contributed by atoms with Crippen molar-refractivity contribution >= 4 is 28.5 Å². The van der Waals surface area contributed by atoms with E-state index in [4.69, 9.17) is 20.8 Å². The topological polar surface area (TPSA) is 63.0 Å². The van der Waals surface area contributed by atoms with Crippen LogP contribution in [-0.2, 0) is 4.79 Å². The summed E-state index contributed by atoms with van der Waals surface area (Å²) in [4.78, 5) is 29.5. The first-order valence-electron chi connectivity index (χ1n) is 13.8. The van der Waals surface area contributed by atoms with E-state index < -0.39 is 11.7 Å². The smallest absolute Gasteiger partial charge is 0.336 e. The summed E-state index contributed by atoms with van der Waals surface area (Å²) in [7, 11) is 0. The Labute approximate surface area is 227 Å². The molecule has 2 aliphatic heterocycles. The lowest BCUT2D eigenvalue weighted by Crippen LogP contribution is -2.58. The molecule has 198 valence electrons. The van der Waals surface area contributed by atoms with Crippen LogP contribution in [0.25, 0.3) is 22.1 Å². The average Bonchev–Trinajstić information content (AvgIpc) is 3.19. The Kier molecular flexibility index (Phi) is 7.05. The zero-order valence-corrected chi connectivity index (χ0v) is 22.5. The Morgan fingerprint density at radius 3 is 2.42 bits per heavy atom. The summed E-state index contributed by atoms with van der Waals surface area (Å²) in [5.74, 6) is 2.73. The molecule has 3 aliphatic rings. The number of halogens is 1. The van der Waals surface area contributed by atoms with Crippen LogP contribution in [0.1, 0.15) is 51.9 Å². The van der Waals surface area contributed by atoms with Gasteiger partial charge < -0.3 is 14.1 Å². The lowest BCUT2D eigenvalue weighted by Gasteiger charge is -2.47. The number of hydrogen-bond donors (Lipinski definition) is 0. The number of hydrogen-bond acceptors (Lipinski definition) is 6. The van der Waals surface area contributed by atoms with Gasteiger partial charge in [0.25, 0.3) is 0 Å². The highest BCUT2D eigenvalue weighted by Crippen LogP contribution is 2.38. The predicted octanol–water partition coefficient (Wildman–Crippen LogP) is 6.08. The maximum atomic E-state index is 12.4. The van der Waals surface area contributed by atoms with Crippen molar-refractivity contribution in [2.24, 2.45) is 0 Å². The molecule has 2 unspecified atom stereocenters. The number of ether oxygens (including phenoxy) is 1. The summed E-state index contributed by atoms with van der Waals surface area (Å²) in [6, 6.07) is 16.0. The van der Waals surface area contributed by atoms with Gasteiger partial charge in [0.15, 0.2) is 0 Å². The van der Waals surface area contributed by atoms with E-state index in [2.05, 4.69) is 15.7 Å². The number of rotatable bonds is 6. The van der Waals surface area contributed by atoms with E-state index in [9.17, 15) is 9.59 Å². The SMILES string of the molecule is C[C@@H](Oc1ccc2c(-c3ccccc3Cl)cc(=O)oc2c1)C(=C=O)N1CC2CCC(C1)N2C1CCCCC1. The van der Waals surface area contributed by atoms with Gasteiger partial charge in [0.1, 0.15) is 29.1 Å². The van der Waals surface area contributed by atoms with Crippen LogP contribution in [0.3, 0.4) is 0 Å². The molecular formula is C31H33ClN2O4. The highest BCUT2D eigenvalue weighted by Gasteiger charge is 2.44. The van der Waals surface area contributed by atoms with Crippen LogP contribution in [0.4, 0.5) is 0 Å². The number of nitrogens with zero attached hydrogens (tertiary/aromatic N) is 2. The van der Waals surface area contributed by atoms with Crippen LogP contribution in [0.5, 0.6) is 5.75 Å². The molecule has 6 nitrogen and oxygen atoms in total. The largest absolute Gasteiger partial charge is 0.484 e. The molecule has 0 radical (unpaired) electrons. The summed E-state index contributed by atoms with van der Waals surface area (Å²) in [5, 5.41) is 1.32. The summed E-state index contributed by atoms with van der Waals surface area (Å²) >= 11 is 6.41. The molecule has 3 atom stereocenters. The first-order valence-corrected chi connectivity index (χ1v) is 14.2. The molecule has 0 amide bonds. The lowest BCUT2D eigenvalue weighted by atomic mass is 9.92. The van der Waals surface area contributed by atoms with E-state index in [0.29, 0.717) is 45.7 Å². The van der Waals surface area contributed by atoms with Crippen LogP contribution in [-0.4, -0.2) is 53.1 Å². The fourth-order valence-electron chi connectivity index (χ4n) is 6.89. The van der Waals surface area contributed by atoms with Gasteiger partial charge in [-0.2, -0.15) is 0 Å². The van der Waals surface area contributed by atoms with E-state index in [-0.39, 0.29) is 0 Å². The molecule has 1 aliphatic carbocycles. The quantitative estimate of drug-likeness (QED) is 0.283. The van der Waals surface area contributed by atoms with E-state index in [1.54, 1.807) is 12.1 Å². The van der Waals surface area contributed by atoms with Gasteiger partial charge in [0.2, 0.25) is 0 Å². The standard InChI is InChI=1S/C31H33ClN2O4/c1-20(29(19-35)33-17-22-11-12-23(18-33)34(22)21-7-3-2-4-8-21)37-24-13-14-26-27(16-31(36)38-30(26)15-24)25-9-5-6-10-28(25)32/h5-6,9-10,13-16,20-23H,2-4,7-8,11-12,17-18H2,1H3/t20-,22?,23?/m1/s1. The molecule has 1 aromatic heterocycles. The van der Waals surface area contributed by atoms with E-state index in [1.165, 1.54) is 51.0 Å². The first-order chi connectivity index (χ1) is 18.5. The maximum Gasteiger partial charge on any atom is 0.336 e. The molecule has 3 heterocycles. The number of carbonyl (C=O) groups excluding carboxylic acids is 1. The van der Waals surface area contributed by atoms with Crippen molar-refractivity contribution in [2.45, 2.75) is 76.1 Å². The van der Waals surface area contributed by atoms with Gasteiger partial charge in [-0.05, 0) is 50.8 Å². The second-order valence-electron chi connectivity index (χ2n) is 10.9.